The normalized spacial score (nSPS) is 16.8. The van der Waals surface area contributed by atoms with E-state index in [1.807, 2.05) is 0 Å². The monoisotopic (exact) mass is 186 g/mol. The van der Waals surface area contributed by atoms with Gasteiger partial charge < -0.3 is 15.0 Å². The minimum Gasteiger partial charge on any atom is -0.385 e. The standard InChI is InChI=1S/C10H22N2O/c1-12(10-4-5-10)8-7-11-6-3-9-13-2/h10-11H,3-9H2,1-2H3. The highest BCUT2D eigenvalue weighted by atomic mass is 16.5. The number of likely N-dealkylation sites (N-methyl/N-ethyl adjacent to an activating group) is 1. The largest absolute Gasteiger partial charge is 0.385 e. The van der Waals surface area contributed by atoms with Crippen molar-refractivity contribution in [2.24, 2.45) is 0 Å². The summed E-state index contributed by atoms with van der Waals surface area (Å²) in [5.41, 5.74) is 0. The smallest absolute Gasteiger partial charge is 0.0474 e. The highest BCUT2D eigenvalue weighted by Gasteiger charge is 2.25. The Balaban J connectivity index is 1.77. The third-order valence-corrected chi connectivity index (χ3v) is 2.51. The average molecular weight is 186 g/mol. The van der Waals surface area contributed by atoms with Crippen LogP contribution in [0.15, 0.2) is 0 Å². The Morgan fingerprint density at radius 1 is 1.38 bits per heavy atom. The van der Waals surface area contributed by atoms with Crippen LogP contribution in [0.25, 0.3) is 0 Å². The average Bonchev–Trinajstić information content (AvgIpc) is 2.93. The van der Waals surface area contributed by atoms with Gasteiger partial charge in [0.05, 0.1) is 0 Å². The first-order chi connectivity index (χ1) is 6.34. The second kappa shape index (κ2) is 6.35. The van der Waals surface area contributed by atoms with Crippen LogP contribution in [0.3, 0.4) is 0 Å². The van der Waals surface area contributed by atoms with E-state index in [-0.39, 0.29) is 0 Å². The van der Waals surface area contributed by atoms with Gasteiger partial charge in [0.15, 0.2) is 0 Å². The van der Waals surface area contributed by atoms with Crippen LogP contribution in [0.1, 0.15) is 19.3 Å². The third kappa shape index (κ3) is 5.24. The lowest BCUT2D eigenvalue weighted by Crippen LogP contribution is -2.31. The summed E-state index contributed by atoms with van der Waals surface area (Å²) in [6.45, 7) is 4.23. The van der Waals surface area contributed by atoms with Gasteiger partial charge in [-0.2, -0.15) is 0 Å². The van der Waals surface area contributed by atoms with Crippen LogP contribution in [0.4, 0.5) is 0 Å². The summed E-state index contributed by atoms with van der Waals surface area (Å²) in [5.74, 6) is 0. The summed E-state index contributed by atoms with van der Waals surface area (Å²) >= 11 is 0. The van der Waals surface area contributed by atoms with Gasteiger partial charge in [0.1, 0.15) is 0 Å². The lowest BCUT2D eigenvalue weighted by atomic mass is 10.4. The Kier molecular flexibility index (Phi) is 5.35. The van der Waals surface area contributed by atoms with Crippen molar-refractivity contribution >= 4 is 0 Å². The lowest BCUT2D eigenvalue weighted by Gasteiger charge is -2.15. The molecule has 0 aromatic carbocycles. The van der Waals surface area contributed by atoms with E-state index < -0.39 is 0 Å². The molecule has 1 saturated carbocycles. The van der Waals surface area contributed by atoms with Crippen molar-refractivity contribution in [1.82, 2.24) is 10.2 Å². The van der Waals surface area contributed by atoms with Crippen molar-refractivity contribution < 1.29 is 4.74 Å². The van der Waals surface area contributed by atoms with Crippen LogP contribution < -0.4 is 5.32 Å². The fourth-order valence-corrected chi connectivity index (χ4v) is 1.42. The SMILES string of the molecule is COCCCNCCN(C)C1CC1. The van der Waals surface area contributed by atoms with Gasteiger partial charge in [-0.05, 0) is 32.9 Å². The fraction of sp³-hybridized carbons (Fsp3) is 1.00. The first-order valence-corrected chi connectivity index (χ1v) is 5.24. The molecule has 3 nitrogen and oxygen atoms in total. The van der Waals surface area contributed by atoms with Crippen LogP contribution in [-0.4, -0.2) is 51.3 Å². The molecule has 0 aromatic rings. The number of methoxy groups -OCH3 is 1. The molecule has 0 radical (unpaired) electrons. The van der Waals surface area contributed by atoms with Gasteiger partial charge in [-0.15, -0.1) is 0 Å². The van der Waals surface area contributed by atoms with Gasteiger partial charge in [-0.25, -0.2) is 0 Å². The van der Waals surface area contributed by atoms with E-state index in [0.717, 1.165) is 32.2 Å². The molecule has 1 aliphatic rings. The summed E-state index contributed by atoms with van der Waals surface area (Å²) in [4.78, 5) is 2.45. The van der Waals surface area contributed by atoms with Crippen molar-refractivity contribution in [3.8, 4) is 0 Å². The van der Waals surface area contributed by atoms with E-state index >= 15 is 0 Å². The van der Waals surface area contributed by atoms with E-state index in [4.69, 9.17) is 4.74 Å². The van der Waals surface area contributed by atoms with Gasteiger partial charge in [0.25, 0.3) is 0 Å². The lowest BCUT2D eigenvalue weighted by molar-refractivity contribution is 0.194. The zero-order valence-electron chi connectivity index (χ0n) is 8.88. The molecule has 1 aliphatic carbocycles. The molecule has 13 heavy (non-hydrogen) atoms. The first kappa shape index (κ1) is 11.0. The summed E-state index contributed by atoms with van der Waals surface area (Å²) in [7, 11) is 3.97. The quantitative estimate of drug-likeness (QED) is 0.565. The number of hydrogen-bond acceptors (Lipinski definition) is 3. The van der Waals surface area contributed by atoms with E-state index in [1.165, 1.54) is 19.4 Å². The maximum absolute atomic E-state index is 4.97. The number of hydrogen-bond donors (Lipinski definition) is 1. The highest BCUT2D eigenvalue weighted by Crippen LogP contribution is 2.24. The predicted molar refractivity (Wildman–Crippen MR) is 55.0 cm³/mol. The molecular weight excluding hydrogens is 164 g/mol. The molecule has 3 heteroatoms. The molecule has 1 N–H and O–H groups in total. The number of nitrogens with one attached hydrogen (secondary N) is 1. The van der Waals surface area contributed by atoms with Crippen molar-refractivity contribution in [2.75, 3.05) is 40.4 Å². The molecule has 0 heterocycles. The fourth-order valence-electron chi connectivity index (χ4n) is 1.42. The maximum Gasteiger partial charge on any atom is 0.0474 e. The van der Waals surface area contributed by atoms with Crippen LogP contribution in [0, 0.1) is 0 Å². The molecule has 0 saturated heterocycles. The minimum absolute atomic E-state index is 0.867. The molecule has 0 aromatic heterocycles. The summed E-state index contributed by atoms with van der Waals surface area (Å²) in [6, 6.07) is 0.890. The van der Waals surface area contributed by atoms with Crippen LogP contribution >= 0.6 is 0 Å². The zero-order chi connectivity index (χ0) is 9.52. The molecule has 0 bridgehead atoms. The molecule has 78 valence electrons. The molecule has 0 aliphatic heterocycles. The molecular formula is C10H22N2O. The highest BCUT2D eigenvalue weighted by molar-refractivity contribution is 4.82. The number of rotatable bonds is 8. The Labute approximate surface area is 81.4 Å². The minimum atomic E-state index is 0.867. The summed E-state index contributed by atoms with van der Waals surface area (Å²) in [5, 5.41) is 3.41. The molecule has 0 atom stereocenters. The Hall–Kier alpha value is -0.120. The van der Waals surface area contributed by atoms with Crippen molar-refractivity contribution in [2.45, 2.75) is 25.3 Å². The van der Waals surface area contributed by atoms with E-state index in [0.29, 0.717) is 0 Å². The molecule has 1 fully saturated rings. The van der Waals surface area contributed by atoms with Crippen LogP contribution in [0.5, 0.6) is 0 Å². The number of nitrogens with zero attached hydrogens (tertiary/aromatic N) is 1. The van der Waals surface area contributed by atoms with Gasteiger partial charge in [0.2, 0.25) is 0 Å². The first-order valence-electron chi connectivity index (χ1n) is 5.24. The van der Waals surface area contributed by atoms with Crippen LogP contribution in [-0.2, 0) is 4.74 Å². The molecule has 0 unspecified atom stereocenters. The van der Waals surface area contributed by atoms with Crippen molar-refractivity contribution in [1.29, 1.82) is 0 Å². The third-order valence-electron chi connectivity index (χ3n) is 2.51. The Bertz CT molecular complexity index is 126. The molecule has 0 amide bonds. The van der Waals surface area contributed by atoms with E-state index in [9.17, 15) is 0 Å². The van der Waals surface area contributed by atoms with Gasteiger partial charge in [-0.1, -0.05) is 0 Å². The molecule has 0 spiro atoms. The van der Waals surface area contributed by atoms with Gasteiger partial charge >= 0.3 is 0 Å². The van der Waals surface area contributed by atoms with Gasteiger partial charge in [-0.3, -0.25) is 0 Å². The Morgan fingerprint density at radius 2 is 2.15 bits per heavy atom. The van der Waals surface area contributed by atoms with Crippen LogP contribution in [0.2, 0.25) is 0 Å². The van der Waals surface area contributed by atoms with Gasteiger partial charge in [0, 0.05) is 32.8 Å². The second-order valence-corrected chi connectivity index (χ2v) is 3.81. The molecule has 1 rings (SSSR count). The maximum atomic E-state index is 4.97. The topological polar surface area (TPSA) is 24.5 Å². The second-order valence-electron chi connectivity index (χ2n) is 3.81. The predicted octanol–water partition coefficient (Wildman–Crippen LogP) is 0.707. The van der Waals surface area contributed by atoms with E-state index in [2.05, 4.69) is 17.3 Å². The number of ether oxygens (including phenoxy) is 1. The van der Waals surface area contributed by atoms with Crippen molar-refractivity contribution in [3.63, 3.8) is 0 Å². The summed E-state index contributed by atoms with van der Waals surface area (Å²) in [6.07, 6.45) is 3.92. The summed E-state index contributed by atoms with van der Waals surface area (Å²) < 4.78 is 4.97. The van der Waals surface area contributed by atoms with Crippen molar-refractivity contribution in [3.05, 3.63) is 0 Å². The zero-order valence-corrected chi connectivity index (χ0v) is 8.88. The Morgan fingerprint density at radius 3 is 2.77 bits per heavy atom. The van der Waals surface area contributed by atoms with E-state index in [1.54, 1.807) is 7.11 Å².